The van der Waals surface area contributed by atoms with Gasteiger partial charge in [-0.05, 0) is 24.7 Å². The van der Waals surface area contributed by atoms with Gasteiger partial charge >= 0.3 is 0 Å². The second-order valence-electron chi connectivity index (χ2n) is 3.61. The molecule has 0 aromatic rings. The minimum atomic E-state index is 0.650. The molecule has 0 radical (unpaired) electrons. The van der Waals surface area contributed by atoms with E-state index in [9.17, 15) is 0 Å². The Morgan fingerprint density at radius 3 is 2.33 bits per heavy atom. The van der Waals surface area contributed by atoms with Crippen molar-refractivity contribution in [2.24, 2.45) is 11.8 Å². The molecule has 0 aromatic carbocycles. The minimum Gasteiger partial charge on any atom is -0.103 e. The van der Waals surface area contributed by atoms with E-state index in [1.807, 2.05) is 6.08 Å². The first-order chi connectivity index (χ1) is 5.74. The van der Waals surface area contributed by atoms with Crippen molar-refractivity contribution in [3.63, 3.8) is 0 Å². The highest BCUT2D eigenvalue weighted by Crippen LogP contribution is 2.18. The van der Waals surface area contributed by atoms with Gasteiger partial charge in [0.15, 0.2) is 0 Å². The summed E-state index contributed by atoms with van der Waals surface area (Å²) in [7, 11) is 0. The third-order valence-electron chi connectivity index (χ3n) is 2.53. The van der Waals surface area contributed by atoms with Crippen molar-refractivity contribution < 1.29 is 0 Å². The second-order valence-corrected chi connectivity index (χ2v) is 3.61. The Hall–Kier alpha value is -0.520. The Morgan fingerprint density at radius 1 is 1.25 bits per heavy atom. The van der Waals surface area contributed by atoms with E-state index >= 15 is 0 Å². The summed E-state index contributed by atoms with van der Waals surface area (Å²) in [5, 5.41) is 0. The third-order valence-corrected chi connectivity index (χ3v) is 2.53. The Labute approximate surface area is 77.4 Å². The molecule has 0 aromatic heterocycles. The largest absolute Gasteiger partial charge is 0.103 e. The predicted octanol–water partition coefficient (Wildman–Crippen LogP) is 4.19. The molecular formula is C12H22. The number of allylic oxidation sites excluding steroid dienone is 2. The van der Waals surface area contributed by atoms with E-state index in [4.69, 9.17) is 0 Å². The lowest BCUT2D eigenvalue weighted by Crippen LogP contribution is -1.99. The first kappa shape index (κ1) is 11.5. The van der Waals surface area contributed by atoms with Crippen molar-refractivity contribution in [3.8, 4) is 0 Å². The third kappa shape index (κ3) is 5.17. The summed E-state index contributed by atoms with van der Waals surface area (Å²) < 4.78 is 0. The molecule has 0 aliphatic rings. The molecule has 12 heavy (non-hydrogen) atoms. The lowest BCUT2D eigenvalue weighted by atomic mass is 9.93. The highest BCUT2D eigenvalue weighted by atomic mass is 14.1. The predicted molar refractivity (Wildman–Crippen MR) is 57.2 cm³/mol. The quantitative estimate of drug-likeness (QED) is 0.497. The zero-order valence-corrected chi connectivity index (χ0v) is 8.55. The molecule has 0 aliphatic carbocycles. The van der Waals surface area contributed by atoms with Crippen LogP contribution in [0.25, 0.3) is 0 Å². The fourth-order valence-corrected chi connectivity index (χ4v) is 1.25. The van der Waals surface area contributed by atoms with Crippen LogP contribution in [0.1, 0.15) is 39.5 Å². The molecule has 0 amide bonds. The van der Waals surface area contributed by atoms with Gasteiger partial charge in [-0.1, -0.05) is 38.8 Å². The minimum absolute atomic E-state index is 0.650. The second kappa shape index (κ2) is 7.15. The summed E-state index contributed by atoms with van der Waals surface area (Å²) in [6.45, 7) is 12.1. The lowest BCUT2D eigenvalue weighted by Gasteiger charge is -2.12. The van der Waals surface area contributed by atoms with E-state index in [0.29, 0.717) is 5.92 Å². The van der Waals surface area contributed by atoms with E-state index in [2.05, 4.69) is 33.1 Å². The normalized spacial score (nSPS) is 15.2. The molecule has 0 heterocycles. The van der Waals surface area contributed by atoms with Crippen LogP contribution in [0.5, 0.6) is 0 Å². The number of rotatable bonds is 7. The maximum Gasteiger partial charge on any atom is -0.0202 e. The van der Waals surface area contributed by atoms with Crippen LogP contribution in [-0.4, -0.2) is 0 Å². The fraction of sp³-hybridized carbons (Fsp3) is 0.667. The van der Waals surface area contributed by atoms with E-state index in [0.717, 1.165) is 12.3 Å². The molecule has 0 bridgehead atoms. The van der Waals surface area contributed by atoms with Crippen molar-refractivity contribution >= 4 is 0 Å². The topological polar surface area (TPSA) is 0 Å². The van der Waals surface area contributed by atoms with Gasteiger partial charge in [0.1, 0.15) is 0 Å². The van der Waals surface area contributed by atoms with Gasteiger partial charge in [-0.15, -0.1) is 13.2 Å². The zero-order valence-electron chi connectivity index (χ0n) is 8.55. The summed E-state index contributed by atoms with van der Waals surface area (Å²) in [5.74, 6) is 1.51. The average Bonchev–Trinajstić information content (AvgIpc) is 2.11. The monoisotopic (exact) mass is 166 g/mol. The molecular weight excluding hydrogens is 144 g/mol. The number of hydrogen-bond donors (Lipinski definition) is 0. The average molecular weight is 166 g/mol. The standard InChI is InChI=1S/C12H22/c1-5-8-12(7-3)10-9-11(4)6-2/h5,7,11-12H,1,3,6,8-10H2,2,4H3. The SMILES string of the molecule is C=CCC(C=C)CCC(C)CC. The fourth-order valence-electron chi connectivity index (χ4n) is 1.25. The summed E-state index contributed by atoms with van der Waals surface area (Å²) in [4.78, 5) is 0. The van der Waals surface area contributed by atoms with Gasteiger partial charge in [-0.3, -0.25) is 0 Å². The first-order valence-corrected chi connectivity index (χ1v) is 4.98. The van der Waals surface area contributed by atoms with Crippen molar-refractivity contribution in [1.29, 1.82) is 0 Å². The molecule has 0 N–H and O–H groups in total. The lowest BCUT2D eigenvalue weighted by molar-refractivity contribution is 0.447. The maximum atomic E-state index is 3.84. The molecule has 0 saturated carbocycles. The molecule has 2 atom stereocenters. The molecule has 0 nitrogen and oxygen atoms in total. The van der Waals surface area contributed by atoms with Crippen molar-refractivity contribution in [2.75, 3.05) is 0 Å². The van der Waals surface area contributed by atoms with Gasteiger partial charge < -0.3 is 0 Å². The molecule has 0 spiro atoms. The molecule has 0 heteroatoms. The smallest absolute Gasteiger partial charge is 0.0202 e. The highest BCUT2D eigenvalue weighted by molar-refractivity contribution is 4.85. The van der Waals surface area contributed by atoms with E-state index in [1.165, 1.54) is 19.3 Å². The van der Waals surface area contributed by atoms with Crippen LogP contribution < -0.4 is 0 Å². The highest BCUT2D eigenvalue weighted by Gasteiger charge is 2.04. The summed E-state index contributed by atoms with van der Waals surface area (Å²) >= 11 is 0. The Kier molecular flexibility index (Phi) is 6.84. The zero-order chi connectivity index (χ0) is 9.40. The summed E-state index contributed by atoms with van der Waals surface area (Å²) in [6, 6.07) is 0. The summed E-state index contributed by atoms with van der Waals surface area (Å²) in [5.41, 5.74) is 0. The Morgan fingerprint density at radius 2 is 1.92 bits per heavy atom. The van der Waals surface area contributed by atoms with Gasteiger partial charge in [0.05, 0.1) is 0 Å². The van der Waals surface area contributed by atoms with Crippen LogP contribution in [0.2, 0.25) is 0 Å². The summed E-state index contributed by atoms with van der Waals surface area (Å²) in [6.07, 6.45) is 9.01. The molecule has 0 rings (SSSR count). The van der Waals surface area contributed by atoms with Gasteiger partial charge in [0.25, 0.3) is 0 Å². The van der Waals surface area contributed by atoms with Crippen LogP contribution in [0.15, 0.2) is 25.3 Å². The van der Waals surface area contributed by atoms with E-state index < -0.39 is 0 Å². The molecule has 0 aliphatic heterocycles. The van der Waals surface area contributed by atoms with Crippen LogP contribution >= 0.6 is 0 Å². The van der Waals surface area contributed by atoms with Crippen LogP contribution in [0.3, 0.4) is 0 Å². The van der Waals surface area contributed by atoms with Gasteiger partial charge in [-0.2, -0.15) is 0 Å². The Balaban J connectivity index is 3.56. The Bertz CT molecular complexity index is 124. The van der Waals surface area contributed by atoms with Crippen LogP contribution in [0.4, 0.5) is 0 Å². The van der Waals surface area contributed by atoms with Crippen LogP contribution in [-0.2, 0) is 0 Å². The molecule has 0 fully saturated rings. The van der Waals surface area contributed by atoms with E-state index in [1.54, 1.807) is 0 Å². The van der Waals surface area contributed by atoms with Gasteiger partial charge in [0.2, 0.25) is 0 Å². The molecule has 2 unspecified atom stereocenters. The van der Waals surface area contributed by atoms with Crippen molar-refractivity contribution in [3.05, 3.63) is 25.3 Å². The number of hydrogen-bond acceptors (Lipinski definition) is 0. The van der Waals surface area contributed by atoms with Crippen molar-refractivity contribution in [2.45, 2.75) is 39.5 Å². The van der Waals surface area contributed by atoms with E-state index in [-0.39, 0.29) is 0 Å². The molecule has 0 saturated heterocycles. The first-order valence-electron chi connectivity index (χ1n) is 4.98. The maximum absolute atomic E-state index is 3.84. The van der Waals surface area contributed by atoms with Crippen molar-refractivity contribution in [1.82, 2.24) is 0 Å². The van der Waals surface area contributed by atoms with Gasteiger partial charge in [-0.25, -0.2) is 0 Å². The van der Waals surface area contributed by atoms with Gasteiger partial charge in [0, 0.05) is 0 Å². The molecule has 70 valence electrons. The van der Waals surface area contributed by atoms with Crippen LogP contribution in [0, 0.1) is 11.8 Å².